The average Bonchev–Trinajstić information content (AvgIpc) is 3.35. The molecule has 0 radical (unpaired) electrons. The summed E-state index contributed by atoms with van der Waals surface area (Å²) in [6.45, 7) is 8.18. The van der Waals surface area contributed by atoms with Gasteiger partial charge in [0.2, 0.25) is 5.91 Å². The van der Waals surface area contributed by atoms with E-state index in [0.717, 1.165) is 6.08 Å². The molecule has 6 nitrogen and oxygen atoms in total. The molecule has 3 aromatic rings. The lowest BCUT2D eigenvalue weighted by molar-refractivity contribution is -0.118. The van der Waals surface area contributed by atoms with E-state index in [1.807, 2.05) is 0 Å². The maximum atomic E-state index is 15.4. The predicted octanol–water partition coefficient (Wildman–Crippen LogP) is 6.09. The van der Waals surface area contributed by atoms with Gasteiger partial charge in [0.05, 0.1) is 17.7 Å². The summed E-state index contributed by atoms with van der Waals surface area (Å²) in [5.74, 6) is -2.82. The van der Waals surface area contributed by atoms with Gasteiger partial charge < -0.3 is 10.1 Å². The molecule has 0 saturated heterocycles. The van der Waals surface area contributed by atoms with Crippen LogP contribution < -0.4 is 15.6 Å². The van der Waals surface area contributed by atoms with Crippen molar-refractivity contribution in [3.8, 4) is 16.9 Å². The number of rotatable bonds is 8. The van der Waals surface area contributed by atoms with Gasteiger partial charge in [0.15, 0.2) is 11.6 Å². The number of methoxy groups -OCH3 is 1. The lowest BCUT2D eigenvalue weighted by Crippen LogP contribution is -2.34. The molecule has 1 amide bonds. The van der Waals surface area contributed by atoms with Gasteiger partial charge in [-0.3, -0.25) is 14.2 Å². The number of aromatic nitrogens is 2. The summed E-state index contributed by atoms with van der Waals surface area (Å²) in [7, 11) is 1.30. The van der Waals surface area contributed by atoms with Gasteiger partial charge in [0.25, 0.3) is 5.56 Å². The Kier molecular flexibility index (Phi) is 7.91. The highest BCUT2D eigenvalue weighted by Gasteiger charge is 2.35. The summed E-state index contributed by atoms with van der Waals surface area (Å²) in [6.07, 6.45) is 2.08. The molecular weight excluding hydrogens is 515 g/mol. The van der Waals surface area contributed by atoms with Crippen LogP contribution in [-0.4, -0.2) is 28.3 Å². The van der Waals surface area contributed by atoms with E-state index in [0.29, 0.717) is 22.0 Å². The number of fused-ring (bicyclic) bond motifs is 1. The summed E-state index contributed by atoms with van der Waals surface area (Å²) < 4.78 is 50.6. The Morgan fingerprint density at radius 2 is 2.05 bits per heavy atom. The summed E-state index contributed by atoms with van der Waals surface area (Å²) in [6, 6.07) is 8.36. The van der Waals surface area contributed by atoms with Crippen LogP contribution in [0.5, 0.6) is 5.75 Å². The van der Waals surface area contributed by atoms with Crippen LogP contribution in [0, 0.1) is 12.7 Å². The topological polar surface area (TPSA) is 73.2 Å². The first-order chi connectivity index (χ1) is 18.2. The van der Waals surface area contributed by atoms with Crippen LogP contribution in [0.1, 0.15) is 17.2 Å². The number of hydrogen-bond donors (Lipinski definition) is 1. The fourth-order valence-corrected chi connectivity index (χ4v) is 5.70. The number of allylic oxidation sites excluding steroid dienone is 4. The second-order valence-corrected chi connectivity index (χ2v) is 9.43. The Morgan fingerprint density at radius 3 is 2.68 bits per heavy atom. The molecular formula is C28H24F3N3O3S. The van der Waals surface area contributed by atoms with Gasteiger partial charge in [0, 0.05) is 29.5 Å². The molecule has 38 heavy (non-hydrogen) atoms. The standard InChI is InChI=1S/C28H24F3N3O3S/c1-5-20(30)19(16(3)29)13-18-15(2)24(17-9-8-10-22(37-4)25(17)31)27(36)34-21(14-38-28(18)34)26(35)33-23-11-6-7-12-32-23/h5-12,21H,1,3,13-14H2,2,4H3,(H,32,33,35)/b20-19+. The normalized spacial score (nSPS) is 14.9. The Balaban J connectivity index is 1.97. The van der Waals surface area contributed by atoms with E-state index in [1.54, 1.807) is 25.1 Å². The number of thioether (sulfide) groups is 1. The Bertz CT molecular complexity index is 1530. The molecule has 3 heterocycles. The SMILES string of the molecule is C=C/C(F)=C(/Cc1c(C)c(-c2cccc(OC)c2F)c(=O)n2c1SCC2C(=O)Nc1ccccn1)C(=C)F. The molecule has 1 N–H and O–H groups in total. The lowest BCUT2D eigenvalue weighted by Gasteiger charge is -2.21. The molecule has 2 aromatic heterocycles. The summed E-state index contributed by atoms with van der Waals surface area (Å²) in [4.78, 5) is 31.3. The largest absolute Gasteiger partial charge is 0.494 e. The number of benzene rings is 1. The van der Waals surface area contributed by atoms with Gasteiger partial charge in [0.1, 0.15) is 23.5 Å². The molecule has 0 aliphatic carbocycles. The summed E-state index contributed by atoms with van der Waals surface area (Å²) in [5.41, 5.74) is -0.385. The van der Waals surface area contributed by atoms with Crippen molar-refractivity contribution >= 4 is 23.5 Å². The lowest BCUT2D eigenvalue weighted by atomic mass is 9.93. The zero-order valence-electron chi connectivity index (χ0n) is 20.7. The van der Waals surface area contributed by atoms with E-state index in [4.69, 9.17) is 4.74 Å². The molecule has 196 valence electrons. The van der Waals surface area contributed by atoms with Crippen molar-refractivity contribution in [1.82, 2.24) is 9.55 Å². The van der Waals surface area contributed by atoms with Crippen molar-refractivity contribution in [2.75, 3.05) is 18.2 Å². The third-order valence-electron chi connectivity index (χ3n) is 6.25. The van der Waals surface area contributed by atoms with Crippen molar-refractivity contribution in [3.05, 3.63) is 106 Å². The van der Waals surface area contributed by atoms with Gasteiger partial charge in [-0.05, 0) is 42.3 Å². The minimum absolute atomic E-state index is 0.0406. The quantitative estimate of drug-likeness (QED) is 0.351. The minimum atomic E-state index is -1.01. The van der Waals surface area contributed by atoms with Crippen LogP contribution in [0.2, 0.25) is 0 Å². The van der Waals surface area contributed by atoms with Gasteiger partial charge >= 0.3 is 0 Å². The number of ether oxygens (including phenoxy) is 1. The molecule has 4 rings (SSSR count). The van der Waals surface area contributed by atoms with E-state index < -0.39 is 35.0 Å². The smallest absolute Gasteiger partial charge is 0.260 e. The van der Waals surface area contributed by atoms with Crippen molar-refractivity contribution in [2.45, 2.75) is 24.4 Å². The van der Waals surface area contributed by atoms with E-state index in [2.05, 4.69) is 23.5 Å². The number of hydrogen-bond acceptors (Lipinski definition) is 5. The van der Waals surface area contributed by atoms with Crippen molar-refractivity contribution < 1.29 is 22.7 Å². The van der Waals surface area contributed by atoms with Gasteiger partial charge in [-0.1, -0.05) is 31.4 Å². The van der Waals surface area contributed by atoms with Crippen molar-refractivity contribution in [2.24, 2.45) is 0 Å². The number of nitrogens with one attached hydrogen (secondary N) is 1. The maximum absolute atomic E-state index is 15.4. The van der Waals surface area contributed by atoms with Crippen LogP contribution in [0.3, 0.4) is 0 Å². The first kappa shape index (κ1) is 27.0. The third kappa shape index (κ3) is 4.91. The third-order valence-corrected chi connectivity index (χ3v) is 7.45. The van der Waals surface area contributed by atoms with Gasteiger partial charge in [-0.25, -0.2) is 18.2 Å². The second kappa shape index (κ2) is 11.1. The van der Waals surface area contributed by atoms with E-state index in [1.165, 1.54) is 47.8 Å². The van der Waals surface area contributed by atoms with Crippen LogP contribution in [0.15, 0.2) is 88.9 Å². The minimum Gasteiger partial charge on any atom is -0.494 e. The van der Waals surface area contributed by atoms with Crippen molar-refractivity contribution in [1.29, 1.82) is 0 Å². The fourth-order valence-electron chi connectivity index (χ4n) is 4.34. The maximum Gasteiger partial charge on any atom is 0.260 e. The van der Waals surface area contributed by atoms with E-state index in [9.17, 15) is 18.4 Å². The summed E-state index contributed by atoms with van der Waals surface area (Å²) >= 11 is 1.20. The van der Waals surface area contributed by atoms with Gasteiger partial charge in [-0.15, -0.1) is 11.8 Å². The van der Waals surface area contributed by atoms with Crippen molar-refractivity contribution in [3.63, 3.8) is 0 Å². The molecule has 0 saturated carbocycles. The van der Waals surface area contributed by atoms with Crippen LogP contribution in [-0.2, 0) is 11.2 Å². The molecule has 0 spiro atoms. The Morgan fingerprint density at radius 1 is 1.29 bits per heavy atom. The first-order valence-corrected chi connectivity index (χ1v) is 12.5. The predicted molar refractivity (Wildman–Crippen MR) is 142 cm³/mol. The number of anilines is 1. The number of nitrogens with zero attached hydrogens (tertiary/aromatic N) is 2. The number of pyridine rings is 2. The van der Waals surface area contributed by atoms with Gasteiger partial charge in [-0.2, -0.15) is 0 Å². The molecule has 1 aliphatic rings. The van der Waals surface area contributed by atoms with Crippen LogP contribution in [0.4, 0.5) is 19.0 Å². The number of carbonyl (C=O) groups is 1. The Hall–Kier alpha value is -4.05. The van der Waals surface area contributed by atoms with E-state index in [-0.39, 0.29) is 34.6 Å². The number of carbonyl (C=O) groups excluding carboxylic acids is 1. The second-order valence-electron chi connectivity index (χ2n) is 8.42. The average molecular weight is 540 g/mol. The molecule has 1 atom stereocenters. The van der Waals surface area contributed by atoms with Crippen LogP contribution >= 0.6 is 11.8 Å². The molecule has 1 unspecified atom stereocenters. The zero-order valence-corrected chi connectivity index (χ0v) is 21.5. The highest BCUT2D eigenvalue weighted by molar-refractivity contribution is 7.99. The summed E-state index contributed by atoms with van der Waals surface area (Å²) in [5, 5.41) is 3.05. The number of halogens is 3. The molecule has 1 aromatic carbocycles. The highest BCUT2D eigenvalue weighted by Crippen LogP contribution is 2.41. The number of amides is 1. The molecule has 10 heteroatoms. The zero-order chi connectivity index (χ0) is 27.6. The van der Waals surface area contributed by atoms with E-state index >= 15 is 4.39 Å². The molecule has 1 aliphatic heterocycles. The molecule has 0 fully saturated rings. The Labute approximate surface area is 221 Å². The fraction of sp³-hybridized carbons (Fsp3) is 0.179. The first-order valence-electron chi connectivity index (χ1n) is 11.5. The molecule has 0 bridgehead atoms. The van der Waals surface area contributed by atoms with Crippen LogP contribution in [0.25, 0.3) is 11.1 Å². The monoisotopic (exact) mass is 539 g/mol. The highest BCUT2D eigenvalue weighted by atomic mass is 32.2.